The Kier molecular flexibility index (Phi) is 4.59. The van der Waals surface area contributed by atoms with Gasteiger partial charge >= 0.3 is 0 Å². The highest BCUT2D eigenvalue weighted by Crippen LogP contribution is 2.34. The quantitative estimate of drug-likeness (QED) is 0.713. The van der Waals surface area contributed by atoms with Crippen LogP contribution in [0, 0.1) is 0 Å². The molecule has 0 aliphatic carbocycles. The molecular formula is C17H20BrNS. The summed E-state index contributed by atoms with van der Waals surface area (Å²) in [6.07, 6.45) is 1.21. The maximum atomic E-state index is 3.70. The molecule has 0 bridgehead atoms. The van der Waals surface area contributed by atoms with E-state index in [1.807, 2.05) is 11.3 Å². The number of halogens is 1. The molecule has 1 aromatic carbocycles. The molecule has 1 aromatic heterocycles. The Balaban J connectivity index is 1.74. The van der Waals surface area contributed by atoms with Crippen molar-refractivity contribution in [3.8, 4) is 0 Å². The Hall–Kier alpha value is -0.640. The molecule has 3 rings (SSSR count). The molecule has 3 heteroatoms. The van der Waals surface area contributed by atoms with Crippen LogP contribution in [-0.4, -0.2) is 23.3 Å². The first-order chi connectivity index (χ1) is 9.79. The van der Waals surface area contributed by atoms with Crippen molar-refractivity contribution in [1.82, 2.24) is 4.90 Å². The number of alkyl halides is 1. The second-order valence-electron chi connectivity index (χ2n) is 5.48. The predicted molar refractivity (Wildman–Crippen MR) is 91.0 cm³/mol. The van der Waals surface area contributed by atoms with Gasteiger partial charge in [0.1, 0.15) is 0 Å². The van der Waals surface area contributed by atoms with Crippen LogP contribution in [0.3, 0.4) is 0 Å². The zero-order valence-corrected chi connectivity index (χ0v) is 14.2. The zero-order valence-electron chi connectivity index (χ0n) is 11.8. The van der Waals surface area contributed by atoms with Gasteiger partial charge in [-0.15, -0.1) is 11.3 Å². The van der Waals surface area contributed by atoms with Crippen molar-refractivity contribution in [2.45, 2.75) is 25.3 Å². The fourth-order valence-corrected chi connectivity index (χ4v) is 4.60. The second-order valence-corrected chi connectivity index (χ2v) is 7.13. The van der Waals surface area contributed by atoms with Crippen molar-refractivity contribution in [2.24, 2.45) is 0 Å². The molecule has 1 aliphatic heterocycles. The largest absolute Gasteiger partial charge is 0.296 e. The van der Waals surface area contributed by atoms with Crippen molar-refractivity contribution in [3.05, 3.63) is 57.8 Å². The Morgan fingerprint density at radius 1 is 1.30 bits per heavy atom. The fraction of sp³-hybridized carbons (Fsp3) is 0.412. The summed E-state index contributed by atoms with van der Waals surface area (Å²) in [5.74, 6) is 0.568. The van der Waals surface area contributed by atoms with Gasteiger partial charge in [0.2, 0.25) is 0 Å². The smallest absolute Gasteiger partial charge is 0.0331 e. The molecule has 2 atom stereocenters. The number of hydrogen-bond acceptors (Lipinski definition) is 2. The van der Waals surface area contributed by atoms with E-state index in [9.17, 15) is 0 Å². The van der Waals surface area contributed by atoms with Crippen molar-refractivity contribution in [2.75, 3.05) is 18.4 Å². The predicted octanol–water partition coefficient (Wildman–Crippen LogP) is 4.85. The normalized spacial score (nSPS) is 20.6. The molecule has 2 unspecified atom stereocenters. The van der Waals surface area contributed by atoms with Gasteiger partial charge in [0.05, 0.1) is 0 Å². The summed E-state index contributed by atoms with van der Waals surface area (Å²) in [6, 6.07) is 13.7. The maximum Gasteiger partial charge on any atom is 0.0331 e. The molecule has 1 aliphatic rings. The summed E-state index contributed by atoms with van der Waals surface area (Å²) in [5, 5.41) is 3.26. The topological polar surface area (TPSA) is 3.24 Å². The van der Waals surface area contributed by atoms with E-state index < -0.39 is 0 Å². The van der Waals surface area contributed by atoms with Crippen LogP contribution in [0.25, 0.3) is 0 Å². The summed E-state index contributed by atoms with van der Waals surface area (Å²) >= 11 is 5.62. The molecule has 2 aromatic rings. The van der Waals surface area contributed by atoms with Crippen LogP contribution < -0.4 is 0 Å². The lowest BCUT2D eigenvalue weighted by atomic mass is 9.96. The van der Waals surface area contributed by atoms with E-state index in [2.05, 4.69) is 69.5 Å². The van der Waals surface area contributed by atoms with Gasteiger partial charge in [0.15, 0.2) is 0 Å². The summed E-state index contributed by atoms with van der Waals surface area (Å²) in [7, 11) is 0. The van der Waals surface area contributed by atoms with Crippen LogP contribution >= 0.6 is 27.3 Å². The van der Waals surface area contributed by atoms with Crippen molar-refractivity contribution in [3.63, 3.8) is 0 Å². The minimum Gasteiger partial charge on any atom is -0.296 e. The lowest BCUT2D eigenvalue weighted by molar-refractivity contribution is 0.192. The molecule has 0 N–H and O–H groups in total. The third-order valence-electron chi connectivity index (χ3n) is 4.32. The summed E-state index contributed by atoms with van der Waals surface area (Å²) in [4.78, 5) is 4.22. The van der Waals surface area contributed by atoms with Gasteiger partial charge in [-0.3, -0.25) is 4.90 Å². The number of hydrogen-bond donors (Lipinski definition) is 0. The van der Waals surface area contributed by atoms with E-state index in [-0.39, 0.29) is 0 Å². The van der Waals surface area contributed by atoms with Crippen molar-refractivity contribution < 1.29 is 0 Å². The molecule has 20 heavy (non-hydrogen) atoms. The lowest BCUT2D eigenvalue weighted by Crippen LogP contribution is -2.36. The SMILES string of the molecule is CC1c2ccsc2CCN1CC(CBr)c1ccccc1. The van der Waals surface area contributed by atoms with E-state index in [0.29, 0.717) is 12.0 Å². The fourth-order valence-electron chi connectivity index (χ4n) is 3.06. The Bertz CT molecular complexity index is 551. The van der Waals surface area contributed by atoms with Crippen molar-refractivity contribution in [1.29, 1.82) is 0 Å². The van der Waals surface area contributed by atoms with Crippen LogP contribution in [0.2, 0.25) is 0 Å². The standard InChI is InChI=1S/C17H20BrNS/c1-13-16-8-10-20-17(16)7-9-19(13)12-15(11-18)14-5-3-2-4-6-14/h2-6,8,10,13,15H,7,9,11-12H2,1H3. The monoisotopic (exact) mass is 349 g/mol. The Morgan fingerprint density at radius 2 is 2.10 bits per heavy atom. The van der Waals surface area contributed by atoms with E-state index >= 15 is 0 Å². The summed E-state index contributed by atoms with van der Waals surface area (Å²) in [6.45, 7) is 4.66. The average Bonchev–Trinajstić information content (AvgIpc) is 2.97. The van der Waals surface area contributed by atoms with Gasteiger partial charge in [0, 0.05) is 35.3 Å². The molecule has 0 fully saturated rings. The van der Waals surface area contributed by atoms with Crippen LogP contribution in [0.1, 0.15) is 34.9 Å². The summed E-state index contributed by atoms with van der Waals surface area (Å²) < 4.78 is 0. The average molecular weight is 350 g/mol. The van der Waals surface area contributed by atoms with Crippen LogP contribution in [-0.2, 0) is 6.42 Å². The van der Waals surface area contributed by atoms with E-state index in [1.165, 1.54) is 18.5 Å². The van der Waals surface area contributed by atoms with Gasteiger partial charge in [-0.25, -0.2) is 0 Å². The molecule has 0 saturated carbocycles. The molecule has 0 spiro atoms. The molecule has 106 valence electrons. The Morgan fingerprint density at radius 3 is 2.85 bits per heavy atom. The molecule has 0 amide bonds. The van der Waals surface area contributed by atoms with Gasteiger partial charge < -0.3 is 0 Å². The first-order valence-electron chi connectivity index (χ1n) is 7.21. The van der Waals surface area contributed by atoms with Gasteiger partial charge in [-0.2, -0.15) is 0 Å². The first-order valence-corrected chi connectivity index (χ1v) is 9.21. The number of fused-ring (bicyclic) bond motifs is 1. The molecular weight excluding hydrogens is 330 g/mol. The number of benzene rings is 1. The molecule has 0 radical (unpaired) electrons. The van der Waals surface area contributed by atoms with Gasteiger partial charge in [0.25, 0.3) is 0 Å². The number of rotatable bonds is 4. The van der Waals surface area contributed by atoms with Crippen LogP contribution in [0.4, 0.5) is 0 Å². The zero-order chi connectivity index (χ0) is 13.9. The van der Waals surface area contributed by atoms with Crippen LogP contribution in [0.15, 0.2) is 41.8 Å². The third-order valence-corrected chi connectivity index (χ3v) is 6.09. The van der Waals surface area contributed by atoms with Crippen molar-refractivity contribution >= 4 is 27.3 Å². The molecule has 2 heterocycles. The first kappa shape index (κ1) is 14.3. The lowest BCUT2D eigenvalue weighted by Gasteiger charge is -2.36. The summed E-state index contributed by atoms with van der Waals surface area (Å²) in [5.41, 5.74) is 2.98. The number of thiophene rings is 1. The second kappa shape index (κ2) is 6.42. The minimum absolute atomic E-state index is 0.551. The van der Waals surface area contributed by atoms with E-state index in [1.54, 1.807) is 10.4 Å². The molecule has 0 saturated heterocycles. The molecule has 1 nitrogen and oxygen atoms in total. The third kappa shape index (κ3) is 2.85. The Labute approximate surface area is 133 Å². The number of nitrogens with zero attached hydrogens (tertiary/aromatic N) is 1. The van der Waals surface area contributed by atoms with Gasteiger partial charge in [-0.1, -0.05) is 46.3 Å². The minimum atomic E-state index is 0.551. The highest BCUT2D eigenvalue weighted by atomic mass is 79.9. The highest BCUT2D eigenvalue weighted by molar-refractivity contribution is 9.09. The van der Waals surface area contributed by atoms with Gasteiger partial charge in [-0.05, 0) is 35.9 Å². The van der Waals surface area contributed by atoms with Crippen LogP contribution in [0.5, 0.6) is 0 Å². The van der Waals surface area contributed by atoms with E-state index in [0.717, 1.165) is 11.9 Å². The van der Waals surface area contributed by atoms with E-state index in [4.69, 9.17) is 0 Å². The maximum absolute atomic E-state index is 3.70. The highest BCUT2D eigenvalue weighted by Gasteiger charge is 2.26.